The van der Waals surface area contributed by atoms with Gasteiger partial charge >= 0.3 is 0 Å². The van der Waals surface area contributed by atoms with Gasteiger partial charge < -0.3 is 15.1 Å². The minimum Gasteiger partial charge on any atom is -0.390 e. The molecule has 1 aromatic heterocycles. The number of hydrogen-bond acceptors (Lipinski definition) is 4. The van der Waals surface area contributed by atoms with E-state index >= 15 is 0 Å². The Kier molecular flexibility index (Phi) is 4.56. The quantitative estimate of drug-likeness (QED) is 0.851. The maximum absolute atomic E-state index is 13.5. The van der Waals surface area contributed by atoms with Crippen molar-refractivity contribution in [1.29, 1.82) is 0 Å². The molecule has 1 aliphatic carbocycles. The predicted molar refractivity (Wildman–Crippen MR) is 101 cm³/mol. The van der Waals surface area contributed by atoms with Crippen molar-refractivity contribution < 1.29 is 15.0 Å². The second kappa shape index (κ2) is 6.77. The first-order valence-electron chi connectivity index (χ1n) is 9.64. The van der Waals surface area contributed by atoms with Crippen LogP contribution in [0.1, 0.15) is 54.6 Å². The van der Waals surface area contributed by atoms with Crippen molar-refractivity contribution >= 4 is 5.91 Å². The summed E-state index contributed by atoms with van der Waals surface area (Å²) in [6.45, 7) is 2.02. The van der Waals surface area contributed by atoms with Crippen molar-refractivity contribution in [3.63, 3.8) is 0 Å². The molecule has 5 atom stereocenters. The summed E-state index contributed by atoms with van der Waals surface area (Å²) < 4.78 is 1.63. The van der Waals surface area contributed by atoms with E-state index in [1.54, 1.807) is 24.1 Å². The Hall–Kier alpha value is -2.18. The summed E-state index contributed by atoms with van der Waals surface area (Å²) in [7, 11) is 1.80. The average Bonchev–Trinajstić information content (AvgIpc) is 3.21. The first-order chi connectivity index (χ1) is 12.9. The number of carbonyl (C=O) groups is 1. The normalized spacial score (nSPS) is 33.6. The lowest BCUT2D eigenvalue weighted by molar-refractivity contribution is -0.0612. The van der Waals surface area contributed by atoms with Gasteiger partial charge in [-0.05, 0) is 31.2 Å². The maximum Gasteiger partial charge on any atom is 0.257 e. The summed E-state index contributed by atoms with van der Waals surface area (Å²) in [6.07, 6.45) is 4.51. The van der Waals surface area contributed by atoms with Gasteiger partial charge in [0, 0.05) is 24.7 Å². The van der Waals surface area contributed by atoms with E-state index < -0.39 is 17.6 Å². The van der Waals surface area contributed by atoms with Crippen LogP contribution in [0, 0.1) is 5.41 Å². The van der Waals surface area contributed by atoms with Crippen LogP contribution in [0.5, 0.6) is 0 Å². The smallest absolute Gasteiger partial charge is 0.257 e. The molecule has 0 radical (unpaired) electrons. The third kappa shape index (κ3) is 2.97. The highest BCUT2D eigenvalue weighted by Gasteiger charge is 2.57. The number of hydrogen-bond donors (Lipinski definition) is 2. The van der Waals surface area contributed by atoms with Crippen molar-refractivity contribution in [3.05, 3.63) is 53.9 Å². The van der Waals surface area contributed by atoms with Gasteiger partial charge in [0.1, 0.15) is 0 Å². The molecule has 27 heavy (non-hydrogen) atoms. The minimum absolute atomic E-state index is 0.0609. The van der Waals surface area contributed by atoms with Gasteiger partial charge in [-0.1, -0.05) is 37.3 Å². The van der Waals surface area contributed by atoms with Crippen molar-refractivity contribution in [3.8, 4) is 0 Å². The highest BCUT2D eigenvalue weighted by atomic mass is 16.3. The number of rotatable bonds is 2. The van der Waals surface area contributed by atoms with Crippen LogP contribution in [0.4, 0.5) is 0 Å². The number of fused-ring (bicyclic) bond motifs is 1. The maximum atomic E-state index is 13.5. The number of likely N-dealkylation sites (tertiary alicyclic amines) is 1. The number of nitrogens with zero attached hydrogens (tertiary/aromatic N) is 3. The number of aromatic nitrogens is 2. The van der Waals surface area contributed by atoms with Crippen LogP contribution in [-0.4, -0.2) is 49.1 Å². The summed E-state index contributed by atoms with van der Waals surface area (Å²) >= 11 is 0. The lowest BCUT2D eigenvalue weighted by Crippen LogP contribution is -2.49. The Labute approximate surface area is 159 Å². The molecular weight excluding hydrogens is 342 g/mol. The predicted octanol–water partition coefficient (Wildman–Crippen LogP) is 2.29. The Morgan fingerprint density at radius 3 is 2.63 bits per heavy atom. The number of aliphatic hydroxyl groups is 2. The van der Waals surface area contributed by atoms with Crippen molar-refractivity contribution in [2.45, 2.75) is 56.9 Å². The SMILES string of the molecule is Cn1cc(C(=O)N2[C@@H](c3ccccc3)C[C@@]3(C)[C@@H](O)[C@@H](O)CCC[C@@H]23)cn1. The molecule has 2 fully saturated rings. The number of aryl methyl sites for hydroxylation is 1. The molecule has 144 valence electrons. The van der Waals surface area contributed by atoms with E-state index in [2.05, 4.69) is 5.10 Å². The van der Waals surface area contributed by atoms with E-state index in [1.165, 1.54) is 0 Å². The van der Waals surface area contributed by atoms with E-state index in [0.29, 0.717) is 18.4 Å². The number of benzene rings is 1. The third-order valence-electron chi connectivity index (χ3n) is 6.45. The molecule has 0 unspecified atom stereocenters. The zero-order chi connectivity index (χ0) is 19.2. The number of aliphatic hydroxyl groups excluding tert-OH is 2. The third-order valence-corrected chi connectivity index (χ3v) is 6.45. The number of amides is 1. The van der Waals surface area contributed by atoms with Gasteiger partial charge in [0.25, 0.3) is 5.91 Å². The second-order valence-corrected chi connectivity index (χ2v) is 8.21. The number of carbonyl (C=O) groups excluding carboxylic acids is 1. The van der Waals surface area contributed by atoms with E-state index in [4.69, 9.17) is 0 Å². The molecule has 1 aromatic carbocycles. The monoisotopic (exact) mass is 369 g/mol. The summed E-state index contributed by atoms with van der Waals surface area (Å²) in [5.41, 5.74) is 1.07. The summed E-state index contributed by atoms with van der Waals surface area (Å²) in [6, 6.07) is 9.73. The van der Waals surface area contributed by atoms with E-state index in [1.807, 2.05) is 42.2 Å². The summed E-state index contributed by atoms with van der Waals surface area (Å²) in [5, 5.41) is 25.5. The zero-order valence-electron chi connectivity index (χ0n) is 15.8. The van der Waals surface area contributed by atoms with Crippen LogP contribution >= 0.6 is 0 Å². The summed E-state index contributed by atoms with van der Waals surface area (Å²) in [5.74, 6) is -0.0609. The first-order valence-corrected chi connectivity index (χ1v) is 9.64. The van der Waals surface area contributed by atoms with Gasteiger partial charge in [-0.3, -0.25) is 9.48 Å². The second-order valence-electron chi connectivity index (χ2n) is 8.21. The standard InChI is InChI=1S/C21H27N3O3/c1-21-11-16(14-7-4-3-5-8-14)24(20(27)15-12-22-23(2)13-15)18(21)10-6-9-17(25)19(21)26/h3-5,7-8,12-13,16-19,25-26H,6,9-11H2,1-2H3/t16-,17+,18-,19+,21-/m1/s1. The highest BCUT2D eigenvalue weighted by molar-refractivity contribution is 5.94. The molecule has 1 saturated heterocycles. The lowest BCUT2D eigenvalue weighted by Gasteiger charge is -2.38. The van der Waals surface area contributed by atoms with Crippen LogP contribution in [0.25, 0.3) is 0 Å². The van der Waals surface area contributed by atoms with Gasteiger partial charge in [-0.2, -0.15) is 5.10 Å². The largest absolute Gasteiger partial charge is 0.390 e. The molecule has 1 saturated carbocycles. The molecule has 0 bridgehead atoms. The zero-order valence-corrected chi connectivity index (χ0v) is 15.8. The fraction of sp³-hybridized carbons (Fsp3) is 0.524. The van der Waals surface area contributed by atoms with Crippen LogP contribution < -0.4 is 0 Å². The molecule has 1 amide bonds. The van der Waals surface area contributed by atoms with Gasteiger partial charge in [-0.25, -0.2) is 0 Å². The Morgan fingerprint density at radius 2 is 1.96 bits per heavy atom. The van der Waals surface area contributed by atoms with Crippen LogP contribution in [0.3, 0.4) is 0 Å². The molecule has 2 heterocycles. The van der Waals surface area contributed by atoms with Gasteiger partial charge in [0.05, 0.1) is 30.0 Å². The van der Waals surface area contributed by atoms with Crippen molar-refractivity contribution in [2.75, 3.05) is 0 Å². The molecule has 2 aliphatic rings. The van der Waals surface area contributed by atoms with E-state index in [9.17, 15) is 15.0 Å². The molecule has 6 heteroatoms. The molecule has 0 spiro atoms. The van der Waals surface area contributed by atoms with Crippen LogP contribution in [-0.2, 0) is 7.05 Å². The topological polar surface area (TPSA) is 78.6 Å². The lowest BCUT2D eigenvalue weighted by atomic mass is 9.74. The van der Waals surface area contributed by atoms with Crippen molar-refractivity contribution in [2.24, 2.45) is 12.5 Å². The molecular formula is C21H27N3O3. The molecule has 6 nitrogen and oxygen atoms in total. The Bertz CT molecular complexity index is 821. The highest BCUT2D eigenvalue weighted by Crippen LogP contribution is 2.53. The van der Waals surface area contributed by atoms with Gasteiger partial charge in [0.2, 0.25) is 0 Å². The van der Waals surface area contributed by atoms with E-state index in [-0.39, 0.29) is 18.0 Å². The Morgan fingerprint density at radius 1 is 1.22 bits per heavy atom. The van der Waals surface area contributed by atoms with Gasteiger partial charge in [-0.15, -0.1) is 0 Å². The molecule has 2 N–H and O–H groups in total. The molecule has 1 aliphatic heterocycles. The van der Waals surface area contributed by atoms with E-state index in [0.717, 1.165) is 18.4 Å². The molecule has 4 rings (SSSR count). The first kappa shape index (κ1) is 18.2. The van der Waals surface area contributed by atoms with Gasteiger partial charge in [0.15, 0.2) is 0 Å². The fourth-order valence-electron chi connectivity index (χ4n) is 5.01. The molecule has 2 aromatic rings. The van der Waals surface area contributed by atoms with Crippen LogP contribution in [0.15, 0.2) is 42.7 Å². The minimum atomic E-state index is -0.845. The van der Waals surface area contributed by atoms with Crippen molar-refractivity contribution in [1.82, 2.24) is 14.7 Å². The average molecular weight is 369 g/mol. The van der Waals surface area contributed by atoms with Crippen LogP contribution in [0.2, 0.25) is 0 Å². The Balaban J connectivity index is 1.79. The fourth-order valence-corrected chi connectivity index (χ4v) is 5.01. The summed E-state index contributed by atoms with van der Waals surface area (Å²) in [4.78, 5) is 15.4.